The first kappa shape index (κ1) is 14.3. The van der Waals surface area contributed by atoms with Crippen LogP contribution in [0.2, 0.25) is 0 Å². The molecular formula is C18H22N4O. The van der Waals surface area contributed by atoms with Crippen LogP contribution < -0.4 is 15.0 Å². The van der Waals surface area contributed by atoms with Gasteiger partial charge in [0.15, 0.2) is 0 Å². The number of hydrogen-bond acceptors (Lipinski definition) is 5. The van der Waals surface area contributed by atoms with Gasteiger partial charge in [0.05, 0.1) is 7.11 Å². The van der Waals surface area contributed by atoms with E-state index in [-0.39, 0.29) is 0 Å². The van der Waals surface area contributed by atoms with Crippen molar-refractivity contribution in [2.75, 3.05) is 23.9 Å². The number of nitrogens with one attached hydrogen (secondary N) is 1. The summed E-state index contributed by atoms with van der Waals surface area (Å²) in [7, 11) is 1.72. The number of nitrogens with zero attached hydrogens (tertiary/aromatic N) is 3. The van der Waals surface area contributed by atoms with Gasteiger partial charge in [-0.2, -0.15) is 4.98 Å². The lowest BCUT2D eigenvalue weighted by atomic mass is 9.99. The Kier molecular flexibility index (Phi) is 3.56. The smallest absolute Gasteiger partial charge is 0.225 e. The molecule has 0 spiro atoms. The molecule has 1 N–H and O–H groups in total. The van der Waals surface area contributed by atoms with E-state index < -0.39 is 0 Å². The molecule has 0 amide bonds. The molecule has 5 nitrogen and oxygen atoms in total. The highest BCUT2D eigenvalue weighted by molar-refractivity contribution is 5.49. The topological polar surface area (TPSA) is 50.3 Å². The van der Waals surface area contributed by atoms with Crippen LogP contribution in [0.25, 0.3) is 0 Å². The van der Waals surface area contributed by atoms with Gasteiger partial charge in [0.2, 0.25) is 5.95 Å². The number of fused-ring (bicyclic) bond motifs is 1. The van der Waals surface area contributed by atoms with Gasteiger partial charge in [-0.25, -0.2) is 4.98 Å². The lowest BCUT2D eigenvalue weighted by molar-refractivity contribution is 0.413. The Morgan fingerprint density at radius 1 is 1.17 bits per heavy atom. The Balaban J connectivity index is 1.57. The molecule has 1 fully saturated rings. The second-order valence-electron chi connectivity index (χ2n) is 6.42. The summed E-state index contributed by atoms with van der Waals surface area (Å²) < 4.78 is 5.32. The van der Waals surface area contributed by atoms with E-state index >= 15 is 0 Å². The highest BCUT2D eigenvalue weighted by atomic mass is 16.5. The average Bonchev–Trinajstić information content (AvgIpc) is 3.37. The van der Waals surface area contributed by atoms with Crippen LogP contribution in [-0.4, -0.2) is 29.7 Å². The minimum atomic E-state index is 0.569. The Hall–Kier alpha value is -2.30. The van der Waals surface area contributed by atoms with Crippen molar-refractivity contribution >= 4 is 11.8 Å². The lowest BCUT2D eigenvalue weighted by Crippen LogP contribution is -2.31. The molecule has 1 aromatic heterocycles. The summed E-state index contributed by atoms with van der Waals surface area (Å²) in [5.74, 6) is 2.72. The highest BCUT2D eigenvalue weighted by Gasteiger charge is 2.23. The van der Waals surface area contributed by atoms with Gasteiger partial charge in [0, 0.05) is 30.9 Å². The monoisotopic (exact) mass is 310 g/mol. The quantitative estimate of drug-likeness (QED) is 0.941. The summed E-state index contributed by atoms with van der Waals surface area (Å²) in [4.78, 5) is 11.6. The molecule has 4 rings (SSSR count). The maximum absolute atomic E-state index is 5.32. The van der Waals surface area contributed by atoms with Gasteiger partial charge < -0.3 is 15.0 Å². The Morgan fingerprint density at radius 2 is 2.04 bits per heavy atom. The fourth-order valence-corrected chi connectivity index (χ4v) is 3.04. The Labute approximate surface area is 136 Å². The maximum Gasteiger partial charge on any atom is 0.225 e. The third-order valence-corrected chi connectivity index (χ3v) is 4.50. The molecule has 0 radical (unpaired) electrons. The normalized spacial score (nSPS) is 16.9. The molecule has 23 heavy (non-hydrogen) atoms. The molecule has 0 saturated heterocycles. The van der Waals surface area contributed by atoms with Crippen molar-refractivity contribution in [3.05, 3.63) is 41.1 Å². The fourth-order valence-electron chi connectivity index (χ4n) is 3.04. The van der Waals surface area contributed by atoms with Crippen molar-refractivity contribution in [1.29, 1.82) is 0 Å². The van der Waals surface area contributed by atoms with Crippen molar-refractivity contribution < 1.29 is 4.74 Å². The summed E-state index contributed by atoms with van der Waals surface area (Å²) in [6.45, 7) is 3.89. The second-order valence-corrected chi connectivity index (χ2v) is 6.42. The molecule has 1 saturated carbocycles. The summed E-state index contributed by atoms with van der Waals surface area (Å²) in [6, 6.07) is 9.00. The van der Waals surface area contributed by atoms with Crippen molar-refractivity contribution in [1.82, 2.24) is 9.97 Å². The number of ether oxygens (including phenoxy) is 1. The molecule has 0 atom stereocenters. The summed E-state index contributed by atoms with van der Waals surface area (Å²) in [5, 5.41) is 3.40. The number of methoxy groups -OCH3 is 1. The number of benzene rings is 1. The summed E-state index contributed by atoms with van der Waals surface area (Å²) >= 11 is 0. The number of rotatable bonds is 4. The summed E-state index contributed by atoms with van der Waals surface area (Å²) in [6.07, 6.45) is 3.47. The second kappa shape index (κ2) is 5.72. The third-order valence-electron chi connectivity index (χ3n) is 4.50. The third kappa shape index (κ3) is 3.09. The molecule has 2 heterocycles. The van der Waals surface area contributed by atoms with E-state index in [2.05, 4.69) is 33.4 Å². The average molecular weight is 310 g/mol. The maximum atomic E-state index is 5.32. The molecule has 0 bridgehead atoms. The van der Waals surface area contributed by atoms with E-state index in [0.29, 0.717) is 6.04 Å². The van der Waals surface area contributed by atoms with Crippen LogP contribution in [0.3, 0.4) is 0 Å². The molecule has 120 valence electrons. The molecular weight excluding hydrogens is 288 g/mol. The van der Waals surface area contributed by atoms with Crippen LogP contribution in [0, 0.1) is 6.92 Å². The largest absolute Gasteiger partial charge is 0.497 e. The van der Waals surface area contributed by atoms with Crippen molar-refractivity contribution in [3.8, 4) is 5.75 Å². The van der Waals surface area contributed by atoms with Crippen molar-refractivity contribution in [2.45, 2.75) is 38.8 Å². The molecule has 2 aliphatic rings. The molecule has 1 aliphatic carbocycles. The Bertz CT molecular complexity index is 727. The zero-order chi connectivity index (χ0) is 15.8. The van der Waals surface area contributed by atoms with Crippen LogP contribution in [0.5, 0.6) is 5.75 Å². The lowest BCUT2D eigenvalue weighted by Gasteiger charge is -2.30. The Morgan fingerprint density at radius 3 is 2.83 bits per heavy atom. The predicted molar refractivity (Wildman–Crippen MR) is 91.2 cm³/mol. The number of anilines is 2. The predicted octanol–water partition coefficient (Wildman–Crippen LogP) is 2.93. The molecule has 1 aliphatic heterocycles. The van der Waals surface area contributed by atoms with Crippen LogP contribution in [-0.2, 0) is 13.0 Å². The van der Waals surface area contributed by atoms with E-state index in [9.17, 15) is 0 Å². The number of aromatic nitrogens is 2. The van der Waals surface area contributed by atoms with Gasteiger partial charge in [0.1, 0.15) is 11.6 Å². The SMILES string of the molecule is COc1ccc2c(c1)CCN(c1cc(C)nc(NC3CC3)n1)C2. The van der Waals surface area contributed by atoms with Gasteiger partial charge in [-0.3, -0.25) is 0 Å². The van der Waals surface area contributed by atoms with Crippen molar-refractivity contribution in [2.24, 2.45) is 0 Å². The van der Waals surface area contributed by atoms with Gasteiger partial charge in [-0.05, 0) is 49.4 Å². The minimum Gasteiger partial charge on any atom is -0.497 e. The van der Waals surface area contributed by atoms with E-state index in [1.807, 2.05) is 13.0 Å². The van der Waals surface area contributed by atoms with Gasteiger partial charge >= 0.3 is 0 Å². The van der Waals surface area contributed by atoms with E-state index in [4.69, 9.17) is 9.72 Å². The zero-order valence-corrected chi connectivity index (χ0v) is 13.7. The zero-order valence-electron chi connectivity index (χ0n) is 13.7. The van der Waals surface area contributed by atoms with Crippen LogP contribution >= 0.6 is 0 Å². The standard InChI is InChI=1S/C18H22N4O/c1-12-9-17(21-18(19-12)20-15-4-5-15)22-8-7-13-10-16(23-2)6-3-14(13)11-22/h3,6,9-10,15H,4-5,7-8,11H2,1-2H3,(H,19,20,21). The van der Waals surface area contributed by atoms with E-state index in [0.717, 1.165) is 42.7 Å². The van der Waals surface area contributed by atoms with Crippen LogP contribution in [0.4, 0.5) is 11.8 Å². The van der Waals surface area contributed by atoms with Gasteiger partial charge in [-0.15, -0.1) is 0 Å². The number of aryl methyl sites for hydroxylation is 1. The molecule has 2 aromatic rings. The first-order chi connectivity index (χ1) is 11.2. The number of hydrogen-bond donors (Lipinski definition) is 1. The highest BCUT2D eigenvalue weighted by Crippen LogP contribution is 2.28. The van der Waals surface area contributed by atoms with Crippen LogP contribution in [0.1, 0.15) is 29.7 Å². The molecule has 0 unspecified atom stereocenters. The van der Waals surface area contributed by atoms with Gasteiger partial charge in [0.25, 0.3) is 0 Å². The molecule has 5 heteroatoms. The fraction of sp³-hybridized carbons (Fsp3) is 0.444. The minimum absolute atomic E-state index is 0.569. The van der Waals surface area contributed by atoms with E-state index in [1.54, 1.807) is 7.11 Å². The van der Waals surface area contributed by atoms with Gasteiger partial charge in [-0.1, -0.05) is 6.07 Å². The first-order valence-electron chi connectivity index (χ1n) is 8.24. The first-order valence-corrected chi connectivity index (χ1v) is 8.24. The summed E-state index contributed by atoms with van der Waals surface area (Å²) in [5.41, 5.74) is 3.74. The van der Waals surface area contributed by atoms with Crippen molar-refractivity contribution in [3.63, 3.8) is 0 Å². The van der Waals surface area contributed by atoms with Crippen LogP contribution in [0.15, 0.2) is 24.3 Å². The molecule has 1 aromatic carbocycles. The van der Waals surface area contributed by atoms with E-state index in [1.165, 1.54) is 24.0 Å².